The van der Waals surface area contributed by atoms with Gasteiger partial charge in [-0.25, -0.2) is 14.5 Å². The quantitative estimate of drug-likeness (QED) is 0.377. The highest BCUT2D eigenvalue weighted by Gasteiger charge is 2.30. The van der Waals surface area contributed by atoms with Crippen molar-refractivity contribution in [2.24, 2.45) is 0 Å². The highest BCUT2D eigenvalue weighted by atomic mass is 15.1. The van der Waals surface area contributed by atoms with Crippen molar-refractivity contribution in [3.63, 3.8) is 0 Å². The summed E-state index contributed by atoms with van der Waals surface area (Å²) in [5.41, 5.74) is 8.51. The minimum atomic E-state index is 0.210. The summed E-state index contributed by atoms with van der Waals surface area (Å²) in [7, 11) is 0. The molecule has 30 heavy (non-hydrogen) atoms. The Morgan fingerprint density at radius 2 is 1.70 bits per heavy atom. The zero-order chi connectivity index (χ0) is 20.7. The molecule has 3 aromatic carbocycles. The molecule has 150 valence electrons. The van der Waals surface area contributed by atoms with Crippen LogP contribution in [0.2, 0.25) is 0 Å². The molecule has 2 unspecified atom stereocenters. The highest BCUT2D eigenvalue weighted by Crippen LogP contribution is 2.30. The Bertz CT molecular complexity index is 1290. The van der Waals surface area contributed by atoms with Gasteiger partial charge in [0.1, 0.15) is 11.9 Å². The lowest BCUT2D eigenvalue weighted by Gasteiger charge is -2.21. The fraction of sp³-hybridized carbons (Fsp3) is 0.231. The van der Waals surface area contributed by atoms with Crippen LogP contribution in [0.3, 0.4) is 0 Å². The van der Waals surface area contributed by atoms with E-state index in [9.17, 15) is 0 Å². The molecule has 0 saturated heterocycles. The van der Waals surface area contributed by atoms with Gasteiger partial charge in [0, 0.05) is 6.42 Å². The molecule has 2 aromatic heterocycles. The molecule has 0 amide bonds. The van der Waals surface area contributed by atoms with E-state index in [1.54, 1.807) is 0 Å². The summed E-state index contributed by atoms with van der Waals surface area (Å²) in [6.07, 6.45) is 3.05. The first-order valence-corrected chi connectivity index (χ1v) is 10.6. The number of aromatic nitrogens is 4. The van der Waals surface area contributed by atoms with E-state index >= 15 is 0 Å². The largest absolute Gasteiger partial charge is 0.342 e. The fourth-order valence-electron chi connectivity index (χ4n) is 4.49. The van der Waals surface area contributed by atoms with E-state index in [-0.39, 0.29) is 12.0 Å². The summed E-state index contributed by atoms with van der Waals surface area (Å²) >= 11 is 0. The van der Waals surface area contributed by atoms with Gasteiger partial charge in [0.25, 0.3) is 0 Å². The molecule has 2 atom stereocenters. The Balaban J connectivity index is 1.61. The van der Waals surface area contributed by atoms with E-state index in [1.165, 1.54) is 22.2 Å². The molecular formula is C26H27N4+. The van der Waals surface area contributed by atoms with Gasteiger partial charge in [-0.1, -0.05) is 55.0 Å². The maximum Gasteiger partial charge on any atom is 0.242 e. The van der Waals surface area contributed by atoms with Crippen LogP contribution in [0.15, 0.2) is 73.1 Å². The van der Waals surface area contributed by atoms with Crippen LogP contribution in [0.1, 0.15) is 41.4 Å². The van der Waals surface area contributed by atoms with Crippen LogP contribution in [-0.4, -0.2) is 15.0 Å². The Kier molecular flexibility index (Phi) is 4.62. The van der Waals surface area contributed by atoms with Gasteiger partial charge >= 0.3 is 0 Å². The third kappa shape index (κ3) is 3.28. The Hall–Kier alpha value is -3.40. The lowest BCUT2D eigenvalue weighted by atomic mass is 9.91. The van der Waals surface area contributed by atoms with Gasteiger partial charge in [-0.3, -0.25) is 0 Å². The number of para-hydroxylation sites is 4. The van der Waals surface area contributed by atoms with Crippen LogP contribution < -0.4 is 4.57 Å². The van der Waals surface area contributed by atoms with Gasteiger partial charge in [0.05, 0.1) is 17.0 Å². The molecule has 0 aliphatic carbocycles. The predicted molar refractivity (Wildman–Crippen MR) is 122 cm³/mol. The third-order valence-corrected chi connectivity index (χ3v) is 6.24. The number of nitrogens with one attached hydrogen (secondary N) is 2. The molecule has 4 heteroatoms. The van der Waals surface area contributed by atoms with Gasteiger partial charge in [0.15, 0.2) is 11.0 Å². The molecule has 0 fully saturated rings. The summed E-state index contributed by atoms with van der Waals surface area (Å²) in [5.74, 6) is 1.24. The average molecular weight is 396 g/mol. The van der Waals surface area contributed by atoms with Crippen molar-refractivity contribution >= 4 is 22.1 Å². The summed E-state index contributed by atoms with van der Waals surface area (Å²) in [4.78, 5) is 11.9. The first-order chi connectivity index (χ1) is 14.6. The van der Waals surface area contributed by atoms with Crippen molar-refractivity contribution in [1.29, 1.82) is 0 Å². The number of fused-ring (bicyclic) bond motifs is 2. The van der Waals surface area contributed by atoms with Crippen molar-refractivity contribution in [3.8, 4) is 0 Å². The standard InChI is InChI=1S/C26H26N4/c1-17-12-13-20(18(2)14-17)15-25(30-16-27-23-10-6-7-11-24(23)30)19(3)26-28-21-8-4-5-9-22(21)29-26/h4-14,16,19,25H,15H2,1-3H3,(H,28,29)/p+1. The molecule has 5 aromatic rings. The van der Waals surface area contributed by atoms with Crippen LogP contribution in [0.25, 0.3) is 22.1 Å². The average Bonchev–Trinajstić information content (AvgIpc) is 3.37. The first-order valence-electron chi connectivity index (χ1n) is 10.6. The number of rotatable bonds is 5. The molecule has 2 N–H and O–H groups in total. The number of hydrogen-bond donors (Lipinski definition) is 2. The molecule has 4 nitrogen and oxygen atoms in total. The van der Waals surface area contributed by atoms with Crippen LogP contribution in [0.4, 0.5) is 0 Å². The van der Waals surface area contributed by atoms with Crippen LogP contribution in [-0.2, 0) is 6.42 Å². The van der Waals surface area contributed by atoms with Gasteiger partial charge < -0.3 is 4.98 Å². The van der Waals surface area contributed by atoms with Crippen LogP contribution in [0.5, 0.6) is 0 Å². The lowest BCUT2D eigenvalue weighted by molar-refractivity contribution is -0.701. The van der Waals surface area contributed by atoms with Crippen molar-refractivity contribution in [1.82, 2.24) is 15.0 Å². The first kappa shape index (κ1) is 18.6. The highest BCUT2D eigenvalue weighted by molar-refractivity contribution is 5.75. The van der Waals surface area contributed by atoms with Crippen molar-refractivity contribution in [3.05, 3.63) is 95.6 Å². The topological polar surface area (TPSA) is 48.4 Å². The normalized spacial score (nSPS) is 13.7. The second-order valence-electron chi connectivity index (χ2n) is 8.33. The van der Waals surface area contributed by atoms with E-state index in [4.69, 9.17) is 4.98 Å². The molecule has 0 bridgehead atoms. The SMILES string of the molecule is Cc1ccc(CC(C(C)c2nc3ccccc3[nH]2)[n+]2c[nH]c3ccccc32)c(C)c1. The van der Waals surface area contributed by atoms with Gasteiger partial charge in [-0.05, 0) is 49.2 Å². The van der Waals surface area contributed by atoms with E-state index in [0.29, 0.717) is 0 Å². The monoisotopic (exact) mass is 395 g/mol. The number of aryl methyl sites for hydroxylation is 2. The van der Waals surface area contributed by atoms with E-state index in [2.05, 4.69) is 102 Å². The van der Waals surface area contributed by atoms with Crippen molar-refractivity contribution in [2.45, 2.75) is 39.2 Å². The second-order valence-corrected chi connectivity index (χ2v) is 8.33. The minimum absolute atomic E-state index is 0.210. The van der Waals surface area contributed by atoms with Crippen molar-refractivity contribution in [2.75, 3.05) is 0 Å². The zero-order valence-electron chi connectivity index (χ0n) is 17.7. The smallest absolute Gasteiger partial charge is 0.242 e. The molecule has 0 spiro atoms. The van der Waals surface area contributed by atoms with Gasteiger partial charge in [-0.2, -0.15) is 0 Å². The minimum Gasteiger partial charge on any atom is -0.342 e. The maximum absolute atomic E-state index is 4.92. The predicted octanol–water partition coefficient (Wildman–Crippen LogP) is 5.54. The number of H-pyrrole nitrogens is 2. The number of aromatic amines is 2. The summed E-state index contributed by atoms with van der Waals surface area (Å²) in [5, 5.41) is 0. The van der Waals surface area contributed by atoms with Crippen LogP contribution >= 0.6 is 0 Å². The Morgan fingerprint density at radius 1 is 0.933 bits per heavy atom. The molecule has 0 radical (unpaired) electrons. The van der Waals surface area contributed by atoms with E-state index < -0.39 is 0 Å². The molecular weight excluding hydrogens is 368 g/mol. The Morgan fingerprint density at radius 3 is 2.50 bits per heavy atom. The Labute approximate surface area is 176 Å². The van der Waals surface area contributed by atoms with E-state index in [1.807, 2.05) is 6.07 Å². The van der Waals surface area contributed by atoms with Gasteiger partial charge in [0.2, 0.25) is 6.33 Å². The maximum atomic E-state index is 4.92. The summed E-state index contributed by atoms with van der Waals surface area (Å²) < 4.78 is 2.38. The number of hydrogen-bond acceptors (Lipinski definition) is 1. The van der Waals surface area contributed by atoms with Crippen LogP contribution in [0, 0.1) is 13.8 Å². The van der Waals surface area contributed by atoms with Crippen molar-refractivity contribution < 1.29 is 4.57 Å². The fourth-order valence-corrected chi connectivity index (χ4v) is 4.49. The number of benzene rings is 3. The molecule has 0 aliphatic heterocycles. The third-order valence-electron chi connectivity index (χ3n) is 6.24. The molecule has 0 aliphatic rings. The lowest BCUT2D eigenvalue weighted by Crippen LogP contribution is -2.42. The zero-order valence-corrected chi connectivity index (χ0v) is 17.7. The molecule has 0 saturated carbocycles. The molecule has 5 rings (SSSR count). The number of nitrogens with zero attached hydrogens (tertiary/aromatic N) is 2. The second kappa shape index (κ2) is 7.45. The summed E-state index contributed by atoms with van der Waals surface area (Å²) in [6.45, 7) is 6.64. The van der Waals surface area contributed by atoms with E-state index in [0.717, 1.165) is 28.8 Å². The van der Waals surface area contributed by atoms with Gasteiger partial charge in [-0.15, -0.1) is 0 Å². The molecule has 2 heterocycles. The summed E-state index contributed by atoms with van der Waals surface area (Å²) in [6, 6.07) is 23.7. The number of imidazole rings is 2.